The van der Waals surface area contributed by atoms with Crippen LogP contribution in [0.15, 0.2) is 75.9 Å². The van der Waals surface area contributed by atoms with Crippen LogP contribution >= 0.6 is 0 Å². The summed E-state index contributed by atoms with van der Waals surface area (Å²) in [5.41, 5.74) is 1.17. The fraction of sp³-hybridized carbons (Fsp3) is 0.120. The zero-order valence-electron chi connectivity index (χ0n) is 17.8. The second-order valence-electron chi connectivity index (χ2n) is 6.89. The van der Waals surface area contributed by atoms with E-state index in [4.69, 9.17) is 18.6 Å². The first-order chi connectivity index (χ1) is 15.5. The van der Waals surface area contributed by atoms with Crippen LogP contribution in [0.25, 0.3) is 22.1 Å². The van der Waals surface area contributed by atoms with Gasteiger partial charge >= 0.3 is 0 Å². The third-order valence-corrected chi connectivity index (χ3v) is 5.03. The Bertz CT molecular complexity index is 1360. The van der Waals surface area contributed by atoms with Crippen LogP contribution in [0.5, 0.6) is 17.2 Å². The molecule has 1 amide bonds. The lowest BCUT2D eigenvalue weighted by molar-refractivity contribution is 0.102. The SMILES string of the molecule is COc1cccc(C(=O)Nc2oc3ccccc3c(=O)c2-c2ccc(OC)c(OC)c2)c1. The Hall–Kier alpha value is -4.26. The normalized spacial score (nSPS) is 10.6. The number of carbonyl (C=O) groups excluding carboxylic acids is 1. The summed E-state index contributed by atoms with van der Waals surface area (Å²) < 4.78 is 21.8. The highest BCUT2D eigenvalue weighted by Gasteiger charge is 2.20. The summed E-state index contributed by atoms with van der Waals surface area (Å²) in [7, 11) is 4.56. The molecule has 0 aliphatic heterocycles. The molecule has 3 aromatic carbocycles. The molecule has 1 heterocycles. The number of para-hydroxylation sites is 1. The molecule has 7 heteroatoms. The van der Waals surface area contributed by atoms with Gasteiger partial charge in [0.2, 0.25) is 11.3 Å². The highest BCUT2D eigenvalue weighted by atomic mass is 16.5. The van der Waals surface area contributed by atoms with E-state index in [-0.39, 0.29) is 16.9 Å². The Kier molecular flexibility index (Phi) is 5.81. The van der Waals surface area contributed by atoms with Crippen LogP contribution in [0.2, 0.25) is 0 Å². The van der Waals surface area contributed by atoms with Gasteiger partial charge in [-0.25, -0.2) is 0 Å². The molecule has 1 aromatic heterocycles. The molecule has 4 rings (SSSR count). The van der Waals surface area contributed by atoms with E-state index in [0.29, 0.717) is 39.3 Å². The van der Waals surface area contributed by atoms with Crippen molar-refractivity contribution in [1.29, 1.82) is 0 Å². The maximum atomic E-state index is 13.4. The number of nitrogens with one attached hydrogen (secondary N) is 1. The third kappa shape index (κ3) is 3.88. The number of benzene rings is 3. The summed E-state index contributed by atoms with van der Waals surface area (Å²) >= 11 is 0. The van der Waals surface area contributed by atoms with Crippen LogP contribution < -0.4 is 25.0 Å². The van der Waals surface area contributed by atoms with E-state index in [1.807, 2.05) is 0 Å². The van der Waals surface area contributed by atoms with Crippen molar-refractivity contribution in [3.8, 4) is 28.4 Å². The predicted molar refractivity (Wildman–Crippen MR) is 122 cm³/mol. The molecule has 0 spiro atoms. The molecule has 0 aliphatic rings. The molecule has 0 unspecified atom stereocenters. The van der Waals surface area contributed by atoms with E-state index in [1.165, 1.54) is 21.3 Å². The largest absolute Gasteiger partial charge is 0.497 e. The van der Waals surface area contributed by atoms with Crippen LogP contribution in [0.1, 0.15) is 10.4 Å². The van der Waals surface area contributed by atoms with Gasteiger partial charge < -0.3 is 18.6 Å². The summed E-state index contributed by atoms with van der Waals surface area (Å²) in [6.07, 6.45) is 0. The van der Waals surface area contributed by atoms with E-state index < -0.39 is 5.91 Å². The van der Waals surface area contributed by atoms with Crippen molar-refractivity contribution in [2.24, 2.45) is 0 Å². The molecule has 162 valence electrons. The van der Waals surface area contributed by atoms with Crippen LogP contribution in [-0.2, 0) is 0 Å². The van der Waals surface area contributed by atoms with Crippen molar-refractivity contribution in [2.45, 2.75) is 0 Å². The Morgan fingerprint density at radius 3 is 2.38 bits per heavy atom. The highest BCUT2D eigenvalue weighted by Crippen LogP contribution is 2.35. The van der Waals surface area contributed by atoms with Crippen molar-refractivity contribution < 1.29 is 23.4 Å². The minimum Gasteiger partial charge on any atom is -0.497 e. The number of rotatable bonds is 6. The average molecular weight is 431 g/mol. The number of hydrogen-bond donors (Lipinski definition) is 1. The molecule has 32 heavy (non-hydrogen) atoms. The first-order valence-electron chi connectivity index (χ1n) is 9.79. The lowest BCUT2D eigenvalue weighted by Crippen LogP contribution is -2.16. The fourth-order valence-corrected chi connectivity index (χ4v) is 3.42. The molecule has 0 bridgehead atoms. The molecule has 0 fully saturated rings. The molecule has 0 atom stereocenters. The number of amides is 1. The number of hydrogen-bond acceptors (Lipinski definition) is 6. The van der Waals surface area contributed by atoms with Crippen molar-refractivity contribution in [1.82, 2.24) is 0 Å². The van der Waals surface area contributed by atoms with Gasteiger partial charge in [0.25, 0.3) is 5.91 Å². The minimum atomic E-state index is -0.441. The van der Waals surface area contributed by atoms with Gasteiger partial charge in [0.15, 0.2) is 11.5 Å². The van der Waals surface area contributed by atoms with E-state index in [9.17, 15) is 9.59 Å². The van der Waals surface area contributed by atoms with Gasteiger partial charge in [-0.3, -0.25) is 14.9 Å². The van der Waals surface area contributed by atoms with Gasteiger partial charge in [0.05, 0.1) is 32.3 Å². The van der Waals surface area contributed by atoms with Crippen molar-refractivity contribution in [3.05, 3.63) is 82.5 Å². The lowest BCUT2D eigenvalue weighted by atomic mass is 10.0. The van der Waals surface area contributed by atoms with Gasteiger partial charge in [-0.1, -0.05) is 24.3 Å². The molecule has 7 nitrogen and oxygen atoms in total. The smallest absolute Gasteiger partial charge is 0.258 e. The van der Waals surface area contributed by atoms with E-state index in [1.54, 1.807) is 66.7 Å². The quantitative estimate of drug-likeness (QED) is 0.475. The van der Waals surface area contributed by atoms with Crippen molar-refractivity contribution in [3.63, 3.8) is 0 Å². The van der Waals surface area contributed by atoms with Gasteiger partial charge in [-0.15, -0.1) is 0 Å². The average Bonchev–Trinajstić information content (AvgIpc) is 2.84. The molecule has 0 saturated heterocycles. The van der Waals surface area contributed by atoms with Crippen LogP contribution in [0.3, 0.4) is 0 Å². The fourth-order valence-electron chi connectivity index (χ4n) is 3.42. The molecule has 1 N–H and O–H groups in total. The molecule has 4 aromatic rings. The monoisotopic (exact) mass is 431 g/mol. The maximum absolute atomic E-state index is 13.4. The molecular weight excluding hydrogens is 410 g/mol. The van der Waals surface area contributed by atoms with Crippen LogP contribution in [0.4, 0.5) is 5.88 Å². The van der Waals surface area contributed by atoms with Gasteiger partial charge in [0, 0.05) is 5.56 Å². The standard InChI is InChI=1S/C25H21NO6/c1-29-17-8-6-7-16(13-17)24(28)26-25-22(15-11-12-20(30-2)21(14-15)31-3)23(27)18-9-4-5-10-19(18)32-25/h4-14H,1-3H3,(H,26,28). The minimum absolute atomic E-state index is 0.0359. The molecular formula is C25H21NO6. The first kappa shape index (κ1) is 21.0. The molecule has 0 saturated carbocycles. The number of carbonyl (C=O) groups is 1. The molecule has 0 aliphatic carbocycles. The summed E-state index contributed by atoms with van der Waals surface area (Å²) in [5, 5.41) is 3.14. The highest BCUT2D eigenvalue weighted by molar-refractivity contribution is 6.06. The lowest BCUT2D eigenvalue weighted by Gasteiger charge is -2.14. The van der Waals surface area contributed by atoms with Gasteiger partial charge in [-0.05, 0) is 48.0 Å². The maximum Gasteiger partial charge on any atom is 0.258 e. The van der Waals surface area contributed by atoms with Gasteiger partial charge in [-0.2, -0.15) is 0 Å². The number of methoxy groups -OCH3 is 3. The van der Waals surface area contributed by atoms with Gasteiger partial charge in [0.1, 0.15) is 11.3 Å². The van der Waals surface area contributed by atoms with E-state index >= 15 is 0 Å². The van der Waals surface area contributed by atoms with Crippen LogP contribution in [-0.4, -0.2) is 27.2 Å². The summed E-state index contributed by atoms with van der Waals surface area (Å²) in [5.74, 6) is 1.10. The topological polar surface area (TPSA) is 87.0 Å². The van der Waals surface area contributed by atoms with E-state index in [0.717, 1.165) is 0 Å². The third-order valence-electron chi connectivity index (χ3n) is 5.03. The Labute approximate surface area is 184 Å². The van der Waals surface area contributed by atoms with Crippen molar-refractivity contribution >= 4 is 22.8 Å². The second kappa shape index (κ2) is 8.85. The summed E-state index contributed by atoms with van der Waals surface area (Å²) in [6, 6.07) is 18.6. The number of ether oxygens (including phenoxy) is 3. The number of fused-ring (bicyclic) bond motifs is 1. The zero-order chi connectivity index (χ0) is 22.7. The van der Waals surface area contributed by atoms with Crippen LogP contribution in [0, 0.1) is 0 Å². The van der Waals surface area contributed by atoms with Crippen molar-refractivity contribution in [2.75, 3.05) is 26.6 Å². The summed E-state index contributed by atoms with van der Waals surface area (Å²) in [4.78, 5) is 26.4. The summed E-state index contributed by atoms with van der Waals surface area (Å²) in [6.45, 7) is 0. The Morgan fingerprint density at radius 1 is 0.844 bits per heavy atom. The number of anilines is 1. The predicted octanol–water partition coefficient (Wildman–Crippen LogP) is 4.74. The zero-order valence-corrected chi connectivity index (χ0v) is 17.8. The molecule has 0 radical (unpaired) electrons. The Morgan fingerprint density at radius 2 is 1.62 bits per heavy atom. The first-order valence-corrected chi connectivity index (χ1v) is 9.79. The second-order valence-corrected chi connectivity index (χ2v) is 6.89. The van der Waals surface area contributed by atoms with E-state index in [2.05, 4.69) is 5.32 Å². The Balaban J connectivity index is 1.88.